The Morgan fingerprint density at radius 3 is 2.11 bits per heavy atom. The Hall–Kier alpha value is -1.000. The largest absolute Gasteiger partial charge is 0.506 e. The normalized spacial score (nSPS) is 10.5. The molecule has 0 atom stereocenters. The van der Waals surface area contributed by atoms with E-state index < -0.39 is 0 Å². The highest BCUT2D eigenvalue weighted by molar-refractivity contribution is 9.11. The maximum Gasteiger partial charge on any atom is 0.143 e. The second-order valence-electron chi connectivity index (χ2n) is 4.31. The van der Waals surface area contributed by atoms with E-state index in [-0.39, 0.29) is 5.75 Å². The van der Waals surface area contributed by atoms with Gasteiger partial charge in [0.15, 0.2) is 0 Å². The van der Waals surface area contributed by atoms with Crippen molar-refractivity contribution in [3.63, 3.8) is 0 Å². The Morgan fingerprint density at radius 2 is 1.58 bits per heavy atom. The first-order chi connectivity index (χ1) is 9.10. The number of rotatable bonds is 4. The molecule has 0 bridgehead atoms. The van der Waals surface area contributed by atoms with Gasteiger partial charge in [0.25, 0.3) is 0 Å². The summed E-state index contributed by atoms with van der Waals surface area (Å²) in [5.74, 6) is 0.232. The Morgan fingerprint density at radius 1 is 1.00 bits per heavy atom. The predicted molar refractivity (Wildman–Crippen MR) is 86.7 cm³/mol. The molecule has 2 N–H and O–H groups in total. The quantitative estimate of drug-likeness (QED) is 0.769. The fraction of sp³-hybridized carbons (Fsp3) is 0.200. The zero-order valence-corrected chi connectivity index (χ0v) is 13.8. The lowest BCUT2D eigenvalue weighted by Crippen LogP contribution is -1.99. The Bertz CT molecular complexity index is 544. The van der Waals surface area contributed by atoms with Crippen LogP contribution in [0, 0.1) is 0 Å². The van der Waals surface area contributed by atoms with Gasteiger partial charge >= 0.3 is 0 Å². The lowest BCUT2D eigenvalue weighted by molar-refractivity contribution is 0.468. The van der Waals surface area contributed by atoms with Gasteiger partial charge in [-0.25, -0.2) is 0 Å². The number of hydrogen-bond acceptors (Lipinski definition) is 2. The molecule has 0 radical (unpaired) electrons. The molecule has 0 aliphatic rings. The van der Waals surface area contributed by atoms with Crippen LogP contribution in [0.5, 0.6) is 5.75 Å². The molecule has 2 aromatic carbocycles. The predicted octanol–water partition coefficient (Wildman–Crippen LogP) is 5.09. The number of phenols is 1. The van der Waals surface area contributed by atoms with Gasteiger partial charge in [-0.05, 0) is 73.7 Å². The summed E-state index contributed by atoms with van der Waals surface area (Å²) in [5, 5.41) is 13.0. The maximum atomic E-state index is 9.66. The van der Waals surface area contributed by atoms with E-state index in [0.717, 1.165) is 17.7 Å². The van der Waals surface area contributed by atoms with Gasteiger partial charge in [-0.3, -0.25) is 0 Å². The van der Waals surface area contributed by atoms with Crippen molar-refractivity contribution in [1.29, 1.82) is 0 Å². The second kappa shape index (κ2) is 6.44. The Labute approximate surface area is 130 Å². The van der Waals surface area contributed by atoms with Crippen LogP contribution in [-0.4, -0.2) is 5.11 Å². The van der Waals surface area contributed by atoms with Crippen LogP contribution in [0.3, 0.4) is 0 Å². The summed E-state index contributed by atoms with van der Waals surface area (Å²) in [6.45, 7) is 2.86. The molecule has 0 heterocycles. The molecule has 4 heteroatoms. The molecule has 0 fully saturated rings. The van der Waals surface area contributed by atoms with Crippen LogP contribution in [0.1, 0.15) is 18.1 Å². The Kier molecular flexibility index (Phi) is 4.88. The molecule has 100 valence electrons. The number of halogens is 2. The first-order valence-electron chi connectivity index (χ1n) is 6.10. The van der Waals surface area contributed by atoms with Crippen LogP contribution in [0.4, 0.5) is 5.69 Å². The average molecular weight is 385 g/mol. The van der Waals surface area contributed by atoms with Crippen LogP contribution in [0.15, 0.2) is 45.3 Å². The number of benzene rings is 2. The van der Waals surface area contributed by atoms with Crippen molar-refractivity contribution < 1.29 is 5.11 Å². The van der Waals surface area contributed by atoms with E-state index in [1.54, 1.807) is 0 Å². The van der Waals surface area contributed by atoms with Gasteiger partial charge in [0.2, 0.25) is 0 Å². The van der Waals surface area contributed by atoms with Gasteiger partial charge in [-0.2, -0.15) is 0 Å². The summed E-state index contributed by atoms with van der Waals surface area (Å²) in [7, 11) is 0. The monoisotopic (exact) mass is 383 g/mol. The molecule has 2 aromatic rings. The molecule has 19 heavy (non-hydrogen) atoms. The standard InChI is InChI=1S/C15H15Br2NO/c1-2-10-3-5-12(6-4-10)18-9-11-7-13(16)15(19)14(17)8-11/h3-8,18-19H,2,9H2,1H3. The molecule has 2 nitrogen and oxygen atoms in total. The molecule has 0 saturated heterocycles. The lowest BCUT2D eigenvalue weighted by Gasteiger charge is -2.09. The number of phenolic OH excluding ortho intramolecular Hbond substituents is 1. The fourth-order valence-corrected chi connectivity index (χ4v) is 3.06. The van der Waals surface area contributed by atoms with E-state index in [1.165, 1.54) is 5.56 Å². The van der Waals surface area contributed by atoms with Crippen molar-refractivity contribution >= 4 is 37.5 Å². The van der Waals surface area contributed by atoms with Crippen molar-refractivity contribution in [2.75, 3.05) is 5.32 Å². The molecule has 0 aliphatic heterocycles. The smallest absolute Gasteiger partial charge is 0.143 e. The highest BCUT2D eigenvalue weighted by atomic mass is 79.9. The zero-order chi connectivity index (χ0) is 13.8. The van der Waals surface area contributed by atoms with E-state index in [1.807, 2.05) is 12.1 Å². The van der Waals surface area contributed by atoms with Crippen molar-refractivity contribution in [1.82, 2.24) is 0 Å². The van der Waals surface area contributed by atoms with Gasteiger partial charge in [0, 0.05) is 12.2 Å². The van der Waals surface area contributed by atoms with Crippen LogP contribution in [0.25, 0.3) is 0 Å². The summed E-state index contributed by atoms with van der Waals surface area (Å²) in [6.07, 6.45) is 1.05. The summed E-state index contributed by atoms with van der Waals surface area (Å²) in [4.78, 5) is 0. The number of hydrogen-bond donors (Lipinski definition) is 2. The average Bonchev–Trinajstić information content (AvgIpc) is 2.43. The van der Waals surface area contributed by atoms with Crippen molar-refractivity contribution in [2.45, 2.75) is 19.9 Å². The van der Waals surface area contributed by atoms with E-state index >= 15 is 0 Å². The minimum Gasteiger partial charge on any atom is -0.506 e. The van der Waals surface area contributed by atoms with E-state index in [4.69, 9.17) is 0 Å². The molecule has 0 unspecified atom stereocenters. The number of anilines is 1. The van der Waals surface area contributed by atoms with E-state index in [9.17, 15) is 5.11 Å². The molecule has 0 spiro atoms. The van der Waals surface area contributed by atoms with Crippen molar-refractivity contribution in [3.05, 3.63) is 56.5 Å². The lowest BCUT2D eigenvalue weighted by atomic mass is 10.1. The summed E-state index contributed by atoms with van der Waals surface area (Å²) < 4.78 is 1.39. The fourth-order valence-electron chi connectivity index (χ4n) is 1.78. The highest BCUT2D eigenvalue weighted by Gasteiger charge is 2.05. The van der Waals surface area contributed by atoms with Crippen LogP contribution >= 0.6 is 31.9 Å². The molecule has 0 aliphatic carbocycles. The second-order valence-corrected chi connectivity index (χ2v) is 6.02. The molecule has 2 rings (SSSR count). The van der Waals surface area contributed by atoms with Gasteiger partial charge in [-0.1, -0.05) is 19.1 Å². The number of nitrogens with one attached hydrogen (secondary N) is 1. The van der Waals surface area contributed by atoms with Crippen LogP contribution < -0.4 is 5.32 Å². The summed E-state index contributed by atoms with van der Waals surface area (Å²) in [5.41, 5.74) is 3.52. The highest BCUT2D eigenvalue weighted by Crippen LogP contribution is 2.33. The van der Waals surface area contributed by atoms with Gasteiger partial charge < -0.3 is 10.4 Å². The van der Waals surface area contributed by atoms with Crippen molar-refractivity contribution in [3.8, 4) is 5.75 Å². The van der Waals surface area contributed by atoms with Gasteiger partial charge in [-0.15, -0.1) is 0 Å². The molecule has 0 amide bonds. The van der Waals surface area contributed by atoms with E-state index in [0.29, 0.717) is 15.5 Å². The first-order valence-corrected chi connectivity index (χ1v) is 7.68. The number of aryl methyl sites for hydroxylation is 1. The SMILES string of the molecule is CCc1ccc(NCc2cc(Br)c(O)c(Br)c2)cc1. The molecular weight excluding hydrogens is 370 g/mol. The third-order valence-corrected chi connectivity index (χ3v) is 4.14. The van der Waals surface area contributed by atoms with Gasteiger partial charge in [0.05, 0.1) is 8.95 Å². The van der Waals surface area contributed by atoms with Crippen molar-refractivity contribution in [2.24, 2.45) is 0 Å². The minimum absolute atomic E-state index is 0.232. The van der Waals surface area contributed by atoms with Crippen LogP contribution in [-0.2, 0) is 13.0 Å². The topological polar surface area (TPSA) is 32.3 Å². The summed E-state index contributed by atoms with van der Waals surface area (Å²) in [6, 6.07) is 12.3. The first kappa shape index (κ1) is 14.4. The summed E-state index contributed by atoms with van der Waals surface area (Å²) >= 11 is 6.67. The van der Waals surface area contributed by atoms with E-state index in [2.05, 4.69) is 68.4 Å². The van der Waals surface area contributed by atoms with Crippen LogP contribution in [0.2, 0.25) is 0 Å². The molecular formula is C15H15Br2NO. The maximum absolute atomic E-state index is 9.66. The third kappa shape index (κ3) is 3.74. The van der Waals surface area contributed by atoms with Gasteiger partial charge in [0.1, 0.15) is 5.75 Å². The minimum atomic E-state index is 0.232. The third-order valence-electron chi connectivity index (χ3n) is 2.94. The number of aromatic hydroxyl groups is 1. The molecule has 0 saturated carbocycles. The molecule has 0 aromatic heterocycles. The Balaban J connectivity index is 2.05. The zero-order valence-electron chi connectivity index (χ0n) is 10.6.